The lowest BCUT2D eigenvalue weighted by Crippen LogP contribution is -2.71. The Labute approximate surface area is 231 Å². The molecule has 3 aliphatic heterocycles. The van der Waals surface area contributed by atoms with Gasteiger partial charge in [0.2, 0.25) is 0 Å². The van der Waals surface area contributed by atoms with Crippen LogP contribution < -0.4 is 11.1 Å². The van der Waals surface area contributed by atoms with E-state index in [0.29, 0.717) is 0 Å². The molecule has 0 aromatic carbocycles. The molecule has 10 atom stereocenters. The summed E-state index contributed by atoms with van der Waals surface area (Å²) in [5, 5.41) is 2.64. The Balaban J connectivity index is 1.99. The molecule has 0 aliphatic carbocycles. The number of esters is 3. The van der Waals surface area contributed by atoms with E-state index in [9.17, 15) is 19.2 Å². The van der Waals surface area contributed by atoms with Crippen LogP contribution in [0.5, 0.6) is 0 Å². The molecule has 0 unspecified atom stereocenters. The molecule has 0 radical (unpaired) electrons. The van der Waals surface area contributed by atoms with Gasteiger partial charge in [-0.15, -0.1) is 0 Å². The van der Waals surface area contributed by atoms with Crippen LogP contribution >= 0.6 is 0 Å². The topological polar surface area (TPSA) is 199 Å². The minimum Gasteiger partial charge on any atom is -0.463 e. The molecule has 3 saturated heterocycles. The van der Waals surface area contributed by atoms with E-state index in [1.165, 1.54) is 21.1 Å². The van der Waals surface area contributed by atoms with E-state index in [4.69, 9.17) is 53.1 Å². The monoisotopic (exact) mass is 578 g/mol. The number of rotatable bonds is 8. The predicted molar refractivity (Wildman–Crippen MR) is 129 cm³/mol. The van der Waals surface area contributed by atoms with Gasteiger partial charge < -0.3 is 58.4 Å². The van der Waals surface area contributed by atoms with Gasteiger partial charge in [-0.1, -0.05) is 0 Å². The third-order valence-electron chi connectivity index (χ3n) is 6.40. The fraction of sp³-hybridized carbons (Fsp3) is 0.833. The van der Waals surface area contributed by atoms with Gasteiger partial charge in [0.15, 0.2) is 30.6 Å². The molecule has 3 rings (SSSR count). The second-order valence-electron chi connectivity index (χ2n) is 9.91. The van der Waals surface area contributed by atoms with Gasteiger partial charge in [-0.25, -0.2) is 4.79 Å². The van der Waals surface area contributed by atoms with E-state index in [2.05, 4.69) is 5.32 Å². The van der Waals surface area contributed by atoms with Gasteiger partial charge in [-0.3, -0.25) is 14.4 Å². The van der Waals surface area contributed by atoms with Crippen LogP contribution in [0.15, 0.2) is 0 Å². The average Bonchev–Trinajstić information content (AvgIpc) is 2.86. The zero-order valence-electron chi connectivity index (χ0n) is 23.5. The summed E-state index contributed by atoms with van der Waals surface area (Å²) in [5.74, 6) is -3.09. The first-order valence-electron chi connectivity index (χ1n) is 12.6. The summed E-state index contributed by atoms with van der Waals surface area (Å²) >= 11 is 0. The Kier molecular flexibility index (Phi) is 10.7. The van der Waals surface area contributed by atoms with Crippen LogP contribution in [0.4, 0.5) is 4.79 Å². The van der Waals surface area contributed by atoms with E-state index in [-0.39, 0.29) is 13.2 Å². The second kappa shape index (κ2) is 13.4. The molecule has 3 heterocycles. The number of hydrogen-bond donors (Lipinski definition) is 2. The highest BCUT2D eigenvalue weighted by Gasteiger charge is 2.56. The van der Waals surface area contributed by atoms with Crippen molar-refractivity contribution in [1.82, 2.24) is 5.32 Å². The van der Waals surface area contributed by atoms with E-state index < -0.39 is 91.1 Å². The zero-order chi connectivity index (χ0) is 29.8. The van der Waals surface area contributed by atoms with Crippen molar-refractivity contribution >= 4 is 24.0 Å². The minimum atomic E-state index is -1.35. The Morgan fingerprint density at radius 2 is 1.57 bits per heavy atom. The summed E-state index contributed by atoms with van der Waals surface area (Å²) < 4.78 is 56.4. The van der Waals surface area contributed by atoms with Crippen LogP contribution in [0.1, 0.15) is 34.6 Å². The molecule has 40 heavy (non-hydrogen) atoms. The Hall–Kier alpha value is -2.60. The summed E-state index contributed by atoms with van der Waals surface area (Å²) in [6.07, 6.45) is -9.38. The van der Waals surface area contributed by atoms with Crippen LogP contribution in [0.3, 0.4) is 0 Å². The van der Waals surface area contributed by atoms with Gasteiger partial charge in [0, 0.05) is 27.9 Å². The number of ether oxygens (including phenoxy) is 10. The van der Waals surface area contributed by atoms with Crippen molar-refractivity contribution in [2.75, 3.05) is 27.4 Å². The lowest BCUT2D eigenvalue weighted by molar-refractivity contribution is -0.386. The smallest absolute Gasteiger partial charge is 0.407 e. The zero-order valence-corrected chi connectivity index (χ0v) is 23.5. The largest absolute Gasteiger partial charge is 0.463 e. The quantitative estimate of drug-likeness (QED) is 0.265. The molecule has 0 saturated carbocycles. The number of carbonyl (C=O) groups excluding carboxylic acids is 4. The SMILES string of the molecule is COC(=O)N[C@H]1[C@H](OC)O[C@@H]2COC(C)(C)O[C@H]2[C@@H]1O[C@H]1O[C@H](COC(C)=O)[C@@H](OC(C)=O)[C@H](OC(C)=O)[C@@H]1N. The third-order valence-corrected chi connectivity index (χ3v) is 6.40. The maximum atomic E-state index is 12.3. The molecule has 0 aromatic rings. The molecular weight excluding hydrogens is 540 g/mol. The van der Waals surface area contributed by atoms with Crippen LogP contribution in [0.25, 0.3) is 0 Å². The minimum absolute atomic E-state index is 0.111. The Morgan fingerprint density at radius 3 is 2.15 bits per heavy atom. The standard InChI is InChI=1S/C24H38N2O14/c1-10(27)33-8-13-17(35-11(2)28)19(36-12(3)29)15(25)21(37-13)39-20-16(26-23(30)32-7)22(31-6)38-14-9-34-24(4,5)40-18(14)20/h13-22H,8-9,25H2,1-7H3,(H,26,30)/t13-,14-,15+,16-,17-,18-,19-,20-,21-,22-/m1/s1. The highest BCUT2D eigenvalue weighted by molar-refractivity contribution is 5.68. The molecule has 0 spiro atoms. The first-order chi connectivity index (χ1) is 18.8. The molecule has 0 bridgehead atoms. The summed E-state index contributed by atoms with van der Waals surface area (Å²) in [6, 6.07) is -2.22. The first kappa shape index (κ1) is 31.9. The van der Waals surface area contributed by atoms with Crippen molar-refractivity contribution in [3.05, 3.63) is 0 Å². The van der Waals surface area contributed by atoms with Crippen molar-refractivity contribution in [3.63, 3.8) is 0 Å². The highest BCUT2D eigenvalue weighted by atomic mass is 16.8. The van der Waals surface area contributed by atoms with Gasteiger partial charge in [0.05, 0.1) is 19.8 Å². The summed E-state index contributed by atoms with van der Waals surface area (Å²) in [5.41, 5.74) is 6.47. The fourth-order valence-corrected chi connectivity index (χ4v) is 4.75. The lowest BCUT2D eigenvalue weighted by atomic mass is 9.93. The number of amides is 1. The molecule has 3 fully saturated rings. The number of alkyl carbamates (subject to hydrolysis) is 1. The highest BCUT2D eigenvalue weighted by Crippen LogP contribution is 2.36. The van der Waals surface area contributed by atoms with Gasteiger partial charge in [-0.2, -0.15) is 0 Å². The van der Waals surface area contributed by atoms with Crippen LogP contribution in [0.2, 0.25) is 0 Å². The molecule has 3 N–H and O–H groups in total. The number of carbonyl (C=O) groups is 4. The number of hydrogen-bond acceptors (Lipinski definition) is 15. The summed E-state index contributed by atoms with van der Waals surface area (Å²) in [6.45, 7) is 6.63. The van der Waals surface area contributed by atoms with Crippen molar-refractivity contribution in [2.45, 2.75) is 102 Å². The van der Waals surface area contributed by atoms with Crippen molar-refractivity contribution in [2.24, 2.45) is 5.73 Å². The van der Waals surface area contributed by atoms with Gasteiger partial charge in [-0.05, 0) is 13.8 Å². The number of methoxy groups -OCH3 is 2. The number of nitrogens with one attached hydrogen (secondary N) is 1. The normalized spacial score (nSPS) is 36.9. The average molecular weight is 579 g/mol. The van der Waals surface area contributed by atoms with Crippen molar-refractivity contribution in [3.8, 4) is 0 Å². The van der Waals surface area contributed by atoms with Gasteiger partial charge in [0.25, 0.3) is 0 Å². The first-order valence-corrected chi connectivity index (χ1v) is 12.6. The second-order valence-corrected chi connectivity index (χ2v) is 9.91. The lowest BCUT2D eigenvalue weighted by Gasteiger charge is -2.52. The van der Waals surface area contributed by atoms with Gasteiger partial charge in [0.1, 0.15) is 37.1 Å². The summed E-state index contributed by atoms with van der Waals surface area (Å²) in [4.78, 5) is 47.7. The maximum absolute atomic E-state index is 12.3. The van der Waals surface area contributed by atoms with Crippen molar-refractivity contribution in [1.29, 1.82) is 0 Å². The van der Waals surface area contributed by atoms with E-state index in [1.54, 1.807) is 13.8 Å². The number of nitrogens with two attached hydrogens (primary N) is 1. The molecule has 16 heteroatoms. The number of fused-ring (bicyclic) bond motifs is 1. The summed E-state index contributed by atoms with van der Waals surface area (Å²) in [7, 11) is 2.56. The maximum Gasteiger partial charge on any atom is 0.407 e. The van der Waals surface area contributed by atoms with Crippen molar-refractivity contribution < 1.29 is 66.5 Å². The van der Waals surface area contributed by atoms with Crippen LogP contribution in [-0.4, -0.2) is 119 Å². The third kappa shape index (κ3) is 7.78. The van der Waals surface area contributed by atoms with Crippen LogP contribution in [0, 0.1) is 0 Å². The van der Waals surface area contributed by atoms with E-state index >= 15 is 0 Å². The molecule has 228 valence electrons. The molecule has 1 amide bonds. The van der Waals surface area contributed by atoms with E-state index in [1.807, 2.05) is 0 Å². The van der Waals surface area contributed by atoms with Gasteiger partial charge >= 0.3 is 24.0 Å². The Morgan fingerprint density at radius 1 is 0.925 bits per heavy atom. The molecule has 3 aliphatic rings. The Bertz CT molecular complexity index is 931. The molecule has 0 aromatic heterocycles. The molecular formula is C24H38N2O14. The molecule has 16 nitrogen and oxygen atoms in total. The van der Waals surface area contributed by atoms with E-state index in [0.717, 1.165) is 13.8 Å². The van der Waals surface area contributed by atoms with Crippen LogP contribution in [-0.2, 0) is 61.8 Å². The fourth-order valence-electron chi connectivity index (χ4n) is 4.75. The predicted octanol–water partition coefficient (Wildman–Crippen LogP) is -0.902.